The highest BCUT2D eigenvalue weighted by Crippen LogP contribution is 2.24. The molecule has 0 radical (unpaired) electrons. The summed E-state index contributed by atoms with van der Waals surface area (Å²) in [7, 11) is 1.77. The molecule has 1 aromatic rings. The number of nitrogens with zero attached hydrogens (tertiary/aromatic N) is 1. The van der Waals surface area contributed by atoms with Crippen molar-refractivity contribution in [2.45, 2.75) is 19.9 Å². The number of rotatable bonds is 2. The molecule has 1 fully saturated rings. The molecule has 4 N–H and O–H groups in total. The summed E-state index contributed by atoms with van der Waals surface area (Å²) < 4.78 is 0. The number of hydrogen-bond donors (Lipinski definition) is 3. The van der Waals surface area contributed by atoms with Crippen molar-refractivity contribution >= 4 is 17.4 Å². The van der Waals surface area contributed by atoms with E-state index in [0.29, 0.717) is 11.5 Å². The maximum atomic E-state index is 12.1. The number of carbonyl (C=O) groups is 1. The highest BCUT2D eigenvalue weighted by molar-refractivity contribution is 6.13. The Morgan fingerprint density at radius 3 is 2.55 bits per heavy atom. The minimum absolute atomic E-state index is 0.0267. The third kappa shape index (κ3) is 2.72. The van der Waals surface area contributed by atoms with Crippen LogP contribution in [0.25, 0.3) is 0 Å². The molecular formula is C15H20N4O. The van der Waals surface area contributed by atoms with Crippen molar-refractivity contribution in [3.63, 3.8) is 0 Å². The van der Waals surface area contributed by atoms with Crippen molar-refractivity contribution in [3.05, 3.63) is 41.6 Å². The topological polar surface area (TPSA) is 79.5 Å². The molecule has 1 amide bonds. The molecule has 0 bridgehead atoms. The quantitative estimate of drug-likeness (QED) is 0.759. The average molecular weight is 272 g/mol. The van der Waals surface area contributed by atoms with Gasteiger partial charge < -0.3 is 16.4 Å². The van der Waals surface area contributed by atoms with Crippen LogP contribution in [0.3, 0.4) is 0 Å². The number of benzene rings is 1. The standard InChI is InChI=1S/C15H20N4O/c1-9-12(10(2)16)14(19-15(20)13(9)17-3)18-11-7-5-4-6-8-11/h4-9,13,17H,16H2,1-3H3,(H,18,19,20)/t9?,13-/m0/s1. The minimum Gasteiger partial charge on any atom is -0.402 e. The third-order valence-corrected chi connectivity index (χ3v) is 3.47. The van der Waals surface area contributed by atoms with Crippen molar-refractivity contribution in [2.24, 2.45) is 16.6 Å². The Morgan fingerprint density at radius 1 is 1.35 bits per heavy atom. The number of nitrogens with two attached hydrogens (primary N) is 1. The fraction of sp³-hybridized carbons (Fsp3) is 0.333. The summed E-state index contributed by atoms with van der Waals surface area (Å²) in [5.41, 5.74) is 8.33. The van der Waals surface area contributed by atoms with E-state index in [9.17, 15) is 4.79 Å². The highest BCUT2D eigenvalue weighted by atomic mass is 16.2. The molecule has 1 saturated heterocycles. The summed E-state index contributed by atoms with van der Waals surface area (Å²) in [5, 5.41) is 5.85. The predicted molar refractivity (Wildman–Crippen MR) is 80.6 cm³/mol. The van der Waals surface area contributed by atoms with Crippen molar-refractivity contribution in [3.8, 4) is 0 Å². The summed E-state index contributed by atoms with van der Waals surface area (Å²) in [6.07, 6.45) is 0. The number of nitrogens with one attached hydrogen (secondary N) is 2. The van der Waals surface area contributed by atoms with Gasteiger partial charge in [0.2, 0.25) is 5.91 Å². The molecule has 1 unspecified atom stereocenters. The Hall–Kier alpha value is -2.14. The first-order chi connectivity index (χ1) is 9.54. The number of hydrogen-bond acceptors (Lipinski definition) is 4. The molecule has 20 heavy (non-hydrogen) atoms. The maximum Gasteiger partial charge on any atom is 0.243 e. The van der Waals surface area contributed by atoms with Gasteiger partial charge in [0.15, 0.2) is 0 Å². The van der Waals surface area contributed by atoms with Gasteiger partial charge in [0.05, 0.1) is 11.7 Å². The van der Waals surface area contributed by atoms with Gasteiger partial charge in [0, 0.05) is 17.2 Å². The summed E-state index contributed by atoms with van der Waals surface area (Å²) in [6, 6.07) is 9.21. The molecule has 5 nitrogen and oxygen atoms in total. The normalized spacial score (nSPS) is 27.4. The second-order valence-electron chi connectivity index (χ2n) is 4.94. The molecule has 2 atom stereocenters. The van der Waals surface area contributed by atoms with Crippen LogP contribution >= 0.6 is 0 Å². The van der Waals surface area contributed by atoms with Gasteiger partial charge in [-0.05, 0) is 26.1 Å². The number of allylic oxidation sites excluding steroid dienone is 1. The zero-order valence-corrected chi connectivity index (χ0v) is 12.0. The molecule has 0 spiro atoms. The van der Waals surface area contributed by atoms with E-state index in [1.807, 2.05) is 44.2 Å². The third-order valence-electron chi connectivity index (χ3n) is 3.47. The van der Waals surface area contributed by atoms with E-state index in [4.69, 9.17) is 5.73 Å². The van der Waals surface area contributed by atoms with Crippen LogP contribution in [0, 0.1) is 5.92 Å². The fourth-order valence-corrected chi connectivity index (χ4v) is 2.52. The number of likely N-dealkylation sites (N-methyl/N-ethyl adjacent to an activating group) is 1. The van der Waals surface area contributed by atoms with Gasteiger partial charge in [-0.1, -0.05) is 25.1 Å². The monoisotopic (exact) mass is 272 g/mol. The van der Waals surface area contributed by atoms with Crippen LogP contribution in [0.1, 0.15) is 13.8 Å². The number of carbonyl (C=O) groups excluding carboxylic acids is 1. The maximum absolute atomic E-state index is 12.1. The SMILES string of the molecule is CN[C@@H]1C(=O)NC(=Nc2ccccc2)C(=C(C)N)C1C. The Kier molecular flexibility index (Phi) is 4.20. The number of piperidine rings is 1. The summed E-state index contributed by atoms with van der Waals surface area (Å²) in [4.78, 5) is 16.6. The molecule has 1 heterocycles. The van der Waals surface area contributed by atoms with Gasteiger partial charge >= 0.3 is 0 Å². The first kappa shape index (κ1) is 14.3. The lowest BCUT2D eigenvalue weighted by atomic mass is 9.87. The van der Waals surface area contributed by atoms with Gasteiger partial charge in [-0.3, -0.25) is 4.79 Å². The van der Waals surface area contributed by atoms with Crippen molar-refractivity contribution in [1.29, 1.82) is 0 Å². The van der Waals surface area contributed by atoms with Crippen LogP contribution in [0.2, 0.25) is 0 Å². The van der Waals surface area contributed by atoms with E-state index in [1.165, 1.54) is 0 Å². The van der Waals surface area contributed by atoms with E-state index in [-0.39, 0.29) is 17.9 Å². The zero-order valence-electron chi connectivity index (χ0n) is 12.0. The lowest BCUT2D eigenvalue weighted by Gasteiger charge is -2.32. The Labute approximate surface area is 119 Å². The number of amidine groups is 1. The molecule has 1 aromatic carbocycles. The molecule has 0 aliphatic carbocycles. The smallest absolute Gasteiger partial charge is 0.243 e. The molecule has 5 heteroatoms. The van der Waals surface area contributed by atoms with E-state index < -0.39 is 0 Å². The fourth-order valence-electron chi connectivity index (χ4n) is 2.52. The number of amides is 1. The Morgan fingerprint density at radius 2 is 2.00 bits per heavy atom. The van der Waals surface area contributed by atoms with Gasteiger partial charge in [0.1, 0.15) is 5.84 Å². The molecule has 106 valence electrons. The van der Waals surface area contributed by atoms with Gasteiger partial charge in [-0.25, -0.2) is 4.99 Å². The van der Waals surface area contributed by atoms with Crippen LogP contribution in [0.15, 0.2) is 46.6 Å². The average Bonchev–Trinajstić information content (AvgIpc) is 2.39. The lowest BCUT2D eigenvalue weighted by molar-refractivity contribution is -0.122. The van der Waals surface area contributed by atoms with E-state index in [0.717, 1.165) is 11.3 Å². The lowest BCUT2D eigenvalue weighted by Crippen LogP contribution is -2.55. The minimum atomic E-state index is -0.293. The van der Waals surface area contributed by atoms with E-state index in [1.54, 1.807) is 7.05 Å². The first-order valence-corrected chi connectivity index (χ1v) is 6.63. The number of para-hydroxylation sites is 1. The summed E-state index contributed by atoms with van der Waals surface area (Å²) >= 11 is 0. The summed E-state index contributed by atoms with van der Waals surface area (Å²) in [5.74, 6) is 0.432. The Bertz CT molecular complexity index is 558. The largest absolute Gasteiger partial charge is 0.402 e. The predicted octanol–water partition coefficient (Wildman–Crippen LogP) is 1.30. The molecule has 0 aromatic heterocycles. The van der Waals surface area contributed by atoms with Crippen molar-refractivity contribution < 1.29 is 4.79 Å². The molecule has 0 saturated carbocycles. The van der Waals surface area contributed by atoms with Crippen molar-refractivity contribution in [2.75, 3.05) is 7.05 Å². The molecule has 2 rings (SSSR count). The zero-order chi connectivity index (χ0) is 14.7. The summed E-state index contributed by atoms with van der Waals surface area (Å²) in [6.45, 7) is 3.81. The number of aliphatic imine (C=N–C) groups is 1. The van der Waals surface area contributed by atoms with Gasteiger partial charge in [-0.2, -0.15) is 0 Å². The van der Waals surface area contributed by atoms with Gasteiger partial charge in [0.25, 0.3) is 0 Å². The van der Waals surface area contributed by atoms with E-state index >= 15 is 0 Å². The Balaban J connectivity index is 2.45. The molecular weight excluding hydrogens is 252 g/mol. The molecule has 1 aliphatic heterocycles. The van der Waals surface area contributed by atoms with Crippen LogP contribution < -0.4 is 16.4 Å². The van der Waals surface area contributed by atoms with Gasteiger partial charge in [-0.15, -0.1) is 0 Å². The van der Waals surface area contributed by atoms with Crippen LogP contribution in [-0.2, 0) is 4.79 Å². The second kappa shape index (κ2) is 5.88. The van der Waals surface area contributed by atoms with E-state index in [2.05, 4.69) is 15.6 Å². The second-order valence-corrected chi connectivity index (χ2v) is 4.94. The molecule has 1 aliphatic rings. The van der Waals surface area contributed by atoms with Crippen LogP contribution in [0.4, 0.5) is 5.69 Å². The van der Waals surface area contributed by atoms with Crippen LogP contribution in [0.5, 0.6) is 0 Å². The highest BCUT2D eigenvalue weighted by Gasteiger charge is 2.35. The van der Waals surface area contributed by atoms with Crippen molar-refractivity contribution in [1.82, 2.24) is 10.6 Å². The first-order valence-electron chi connectivity index (χ1n) is 6.63. The van der Waals surface area contributed by atoms with Crippen LogP contribution in [-0.4, -0.2) is 24.8 Å².